The Morgan fingerprint density at radius 2 is 2.20 bits per heavy atom. The van der Waals surface area contributed by atoms with E-state index in [1.165, 1.54) is 49.7 Å². The second kappa shape index (κ2) is 7.71. The van der Waals surface area contributed by atoms with Gasteiger partial charge in [-0.3, -0.25) is 0 Å². The lowest BCUT2D eigenvalue weighted by molar-refractivity contribution is 0.459. The van der Waals surface area contributed by atoms with Crippen LogP contribution in [0.15, 0.2) is 48.1 Å². The second-order valence-electron chi connectivity index (χ2n) is 6.09. The quantitative estimate of drug-likeness (QED) is 0.348. The van der Waals surface area contributed by atoms with Gasteiger partial charge in [0.2, 0.25) is 0 Å². The molecule has 20 heavy (non-hydrogen) atoms. The van der Waals surface area contributed by atoms with Gasteiger partial charge in [-0.2, -0.15) is 0 Å². The van der Waals surface area contributed by atoms with Crippen LogP contribution in [0.5, 0.6) is 0 Å². The molecule has 3 atom stereocenters. The van der Waals surface area contributed by atoms with E-state index in [9.17, 15) is 0 Å². The highest BCUT2D eigenvalue weighted by Crippen LogP contribution is 2.44. The minimum absolute atomic E-state index is 0.196. The van der Waals surface area contributed by atoms with Gasteiger partial charge in [0.25, 0.3) is 0 Å². The Kier molecular flexibility index (Phi) is 5.95. The van der Waals surface area contributed by atoms with Crippen molar-refractivity contribution in [1.29, 1.82) is 0 Å². The Balaban J connectivity index is 2.12. The molecule has 0 bridgehead atoms. The topological polar surface area (TPSA) is 0 Å². The van der Waals surface area contributed by atoms with Gasteiger partial charge in [-0.25, -0.2) is 0 Å². The molecule has 0 saturated heterocycles. The first-order chi connectivity index (χ1) is 9.77. The average Bonchev–Trinajstić information content (AvgIpc) is 2.50. The molecule has 106 valence electrons. The molecular formula is C19H27B. The fraction of sp³-hybridized carbons (Fsp3) is 0.579. The van der Waals surface area contributed by atoms with Crippen LogP contribution < -0.4 is 0 Å². The lowest BCUT2D eigenvalue weighted by atomic mass is 9.60. The van der Waals surface area contributed by atoms with Crippen molar-refractivity contribution in [1.82, 2.24) is 0 Å². The highest BCUT2D eigenvalue weighted by Gasteiger charge is 2.29. The predicted octanol–water partition coefficient (Wildman–Crippen LogP) is 5.55. The van der Waals surface area contributed by atoms with Gasteiger partial charge in [-0.05, 0) is 55.9 Å². The first-order valence-electron chi connectivity index (χ1n) is 8.21. The fourth-order valence-electron chi connectivity index (χ4n) is 3.58. The maximum atomic E-state index is 6.62. The molecule has 0 aromatic heterocycles. The molecule has 2 aliphatic carbocycles. The van der Waals surface area contributed by atoms with E-state index in [4.69, 9.17) is 7.85 Å². The summed E-state index contributed by atoms with van der Waals surface area (Å²) < 4.78 is 0. The van der Waals surface area contributed by atoms with Crippen molar-refractivity contribution in [3.8, 4) is 0 Å². The highest BCUT2D eigenvalue weighted by molar-refractivity contribution is 6.14. The minimum atomic E-state index is 0.196. The molecule has 0 aromatic carbocycles. The summed E-state index contributed by atoms with van der Waals surface area (Å²) in [4.78, 5) is 0. The number of unbranched alkanes of at least 4 members (excludes halogenated alkanes) is 1. The van der Waals surface area contributed by atoms with Crippen molar-refractivity contribution in [2.45, 2.75) is 57.7 Å². The Morgan fingerprint density at radius 3 is 2.85 bits per heavy atom. The molecule has 0 saturated carbocycles. The first kappa shape index (κ1) is 15.4. The van der Waals surface area contributed by atoms with Crippen LogP contribution in [0.25, 0.3) is 0 Å². The predicted molar refractivity (Wildman–Crippen MR) is 90.0 cm³/mol. The third-order valence-corrected chi connectivity index (χ3v) is 4.75. The summed E-state index contributed by atoms with van der Waals surface area (Å²) in [6.07, 6.45) is 19.8. The zero-order chi connectivity index (χ0) is 14.4. The summed E-state index contributed by atoms with van der Waals surface area (Å²) >= 11 is 0. The summed E-state index contributed by atoms with van der Waals surface area (Å²) in [5.41, 5.74) is 2.88. The maximum Gasteiger partial charge on any atom is 0.0767 e. The SMILES string of the molecule is [B]C1C(C2CC=CCC2)=CCCC1/C(C=C)=C/CCC. The third kappa shape index (κ3) is 3.56. The van der Waals surface area contributed by atoms with E-state index in [2.05, 4.69) is 37.8 Å². The molecule has 0 aromatic rings. The third-order valence-electron chi connectivity index (χ3n) is 4.75. The minimum Gasteiger partial charge on any atom is -0.0988 e. The molecule has 1 heteroatoms. The highest BCUT2D eigenvalue weighted by atomic mass is 14.3. The van der Waals surface area contributed by atoms with Gasteiger partial charge in [0.05, 0.1) is 7.85 Å². The van der Waals surface area contributed by atoms with Crippen LogP contribution in [0.3, 0.4) is 0 Å². The van der Waals surface area contributed by atoms with Crippen LogP contribution in [0.1, 0.15) is 51.9 Å². The standard InChI is InChI=1S/C19H27B/c1-3-5-10-15(4-2)17-13-9-14-18(19(17)20)16-11-7-6-8-12-16/h4,6-7,10,14,16-17,19H,2-3,5,8-9,11-13H2,1H3/b15-10+. The summed E-state index contributed by atoms with van der Waals surface area (Å²) in [6.45, 7) is 6.23. The van der Waals surface area contributed by atoms with E-state index >= 15 is 0 Å². The van der Waals surface area contributed by atoms with E-state index in [-0.39, 0.29) is 5.82 Å². The van der Waals surface area contributed by atoms with Gasteiger partial charge in [0.1, 0.15) is 0 Å². The summed E-state index contributed by atoms with van der Waals surface area (Å²) in [5, 5.41) is 0. The molecule has 3 unspecified atom stereocenters. The zero-order valence-electron chi connectivity index (χ0n) is 12.9. The van der Waals surface area contributed by atoms with Crippen molar-refractivity contribution in [3.63, 3.8) is 0 Å². The lowest BCUT2D eigenvalue weighted by Gasteiger charge is -2.36. The monoisotopic (exact) mass is 266 g/mol. The molecule has 2 radical (unpaired) electrons. The molecule has 0 amide bonds. The summed E-state index contributed by atoms with van der Waals surface area (Å²) in [5.74, 6) is 1.35. The number of allylic oxidation sites excluding steroid dienone is 7. The van der Waals surface area contributed by atoms with E-state index in [1.807, 2.05) is 6.08 Å². The average molecular weight is 266 g/mol. The number of rotatable bonds is 5. The van der Waals surface area contributed by atoms with Crippen molar-refractivity contribution in [3.05, 3.63) is 48.1 Å². The van der Waals surface area contributed by atoms with E-state index < -0.39 is 0 Å². The first-order valence-corrected chi connectivity index (χ1v) is 8.21. The molecule has 2 rings (SSSR count). The maximum absolute atomic E-state index is 6.62. The lowest BCUT2D eigenvalue weighted by Crippen LogP contribution is -2.22. The molecular weight excluding hydrogens is 239 g/mol. The fourth-order valence-corrected chi connectivity index (χ4v) is 3.58. The van der Waals surface area contributed by atoms with Gasteiger partial charge in [0, 0.05) is 0 Å². The van der Waals surface area contributed by atoms with Crippen LogP contribution >= 0.6 is 0 Å². The summed E-state index contributed by atoms with van der Waals surface area (Å²) in [7, 11) is 6.62. The van der Waals surface area contributed by atoms with E-state index in [0.29, 0.717) is 11.8 Å². The Bertz CT molecular complexity index is 413. The van der Waals surface area contributed by atoms with Crippen molar-refractivity contribution in [2.75, 3.05) is 0 Å². The molecule has 0 heterocycles. The Hall–Kier alpha value is -0.975. The molecule has 0 fully saturated rings. The smallest absolute Gasteiger partial charge is 0.0767 e. The van der Waals surface area contributed by atoms with Crippen molar-refractivity contribution in [2.24, 2.45) is 11.8 Å². The van der Waals surface area contributed by atoms with Gasteiger partial charge in [-0.15, -0.1) is 0 Å². The van der Waals surface area contributed by atoms with Crippen LogP contribution in [0.4, 0.5) is 0 Å². The zero-order valence-corrected chi connectivity index (χ0v) is 12.9. The Labute approximate surface area is 126 Å². The van der Waals surface area contributed by atoms with Crippen LogP contribution in [-0.4, -0.2) is 7.85 Å². The largest absolute Gasteiger partial charge is 0.0988 e. The van der Waals surface area contributed by atoms with E-state index in [0.717, 1.165) is 6.42 Å². The molecule has 0 aliphatic heterocycles. The number of hydrogen-bond acceptors (Lipinski definition) is 0. The summed E-state index contributed by atoms with van der Waals surface area (Å²) in [6, 6.07) is 0. The van der Waals surface area contributed by atoms with Gasteiger partial charge < -0.3 is 0 Å². The Morgan fingerprint density at radius 1 is 1.35 bits per heavy atom. The van der Waals surface area contributed by atoms with Crippen LogP contribution in [0, 0.1) is 11.8 Å². The molecule has 0 nitrogen and oxygen atoms in total. The van der Waals surface area contributed by atoms with Gasteiger partial charge in [0.15, 0.2) is 0 Å². The van der Waals surface area contributed by atoms with E-state index in [1.54, 1.807) is 0 Å². The molecule has 0 N–H and O–H groups in total. The van der Waals surface area contributed by atoms with Crippen molar-refractivity contribution >= 4 is 7.85 Å². The number of hydrogen-bond donors (Lipinski definition) is 0. The van der Waals surface area contributed by atoms with Gasteiger partial charge >= 0.3 is 0 Å². The second-order valence-corrected chi connectivity index (χ2v) is 6.09. The van der Waals surface area contributed by atoms with Crippen molar-refractivity contribution < 1.29 is 0 Å². The molecule has 2 aliphatic rings. The molecule has 0 spiro atoms. The van der Waals surface area contributed by atoms with Gasteiger partial charge in [-0.1, -0.05) is 61.7 Å². The normalized spacial score (nSPS) is 30.9. The van der Waals surface area contributed by atoms with Crippen LogP contribution in [0.2, 0.25) is 5.82 Å². The van der Waals surface area contributed by atoms with Crippen LogP contribution in [-0.2, 0) is 0 Å².